The third-order valence-electron chi connectivity index (χ3n) is 4.64. The molecule has 0 N–H and O–H groups in total. The van der Waals surface area contributed by atoms with E-state index in [0.29, 0.717) is 5.69 Å². The second kappa shape index (κ2) is 6.18. The van der Waals surface area contributed by atoms with Crippen LogP contribution in [0.25, 0.3) is 16.5 Å². The van der Waals surface area contributed by atoms with E-state index in [-0.39, 0.29) is 0 Å². The van der Waals surface area contributed by atoms with E-state index in [1.165, 1.54) is 27.8 Å². The molecule has 1 aliphatic carbocycles. The first kappa shape index (κ1) is 14.5. The minimum absolute atomic E-state index is 0.698. The van der Waals surface area contributed by atoms with Gasteiger partial charge >= 0.3 is 0 Å². The summed E-state index contributed by atoms with van der Waals surface area (Å²) >= 11 is 0. The van der Waals surface area contributed by atoms with Crippen molar-refractivity contribution in [2.75, 3.05) is 0 Å². The molecule has 114 valence electrons. The molecule has 0 saturated heterocycles. The van der Waals surface area contributed by atoms with Crippen LogP contribution < -0.4 is 0 Å². The van der Waals surface area contributed by atoms with Crippen molar-refractivity contribution in [3.05, 3.63) is 112 Å². The number of rotatable bonds is 1. The first-order chi connectivity index (χ1) is 11.9. The highest BCUT2D eigenvalue weighted by molar-refractivity contribution is 5.95. The average molecular weight is 307 g/mol. The first-order valence-electron chi connectivity index (χ1n) is 8.21. The van der Waals surface area contributed by atoms with Gasteiger partial charge in [0.25, 0.3) is 0 Å². The molecule has 4 rings (SSSR count). The number of fused-ring (bicyclic) bond motifs is 2. The Bertz CT molecular complexity index is 924. The van der Waals surface area contributed by atoms with Crippen molar-refractivity contribution in [1.82, 2.24) is 0 Å². The first-order valence-corrected chi connectivity index (χ1v) is 8.21. The SMILES string of the molecule is [C-]#[N+]c1ccccc1C=C1c2ccccc2CCc2ccccc21. The predicted octanol–water partition coefficient (Wildman–Crippen LogP) is 5.92. The summed E-state index contributed by atoms with van der Waals surface area (Å²) in [6, 6.07) is 25.1. The van der Waals surface area contributed by atoms with Gasteiger partial charge in [-0.3, -0.25) is 0 Å². The molecule has 0 fully saturated rings. The summed E-state index contributed by atoms with van der Waals surface area (Å²) in [4.78, 5) is 3.68. The molecule has 0 aromatic heterocycles. The maximum absolute atomic E-state index is 7.43. The van der Waals surface area contributed by atoms with Gasteiger partial charge < -0.3 is 0 Å². The van der Waals surface area contributed by atoms with E-state index in [0.717, 1.165) is 18.4 Å². The molecule has 1 nitrogen and oxygen atoms in total. The van der Waals surface area contributed by atoms with E-state index < -0.39 is 0 Å². The van der Waals surface area contributed by atoms with Crippen molar-refractivity contribution in [2.24, 2.45) is 0 Å². The van der Waals surface area contributed by atoms with Gasteiger partial charge in [-0.05, 0) is 46.2 Å². The van der Waals surface area contributed by atoms with Crippen LogP contribution in [0.3, 0.4) is 0 Å². The fraction of sp³-hybridized carbons (Fsp3) is 0.0870. The molecule has 3 aromatic rings. The van der Waals surface area contributed by atoms with Crippen LogP contribution in [0.5, 0.6) is 0 Å². The monoisotopic (exact) mass is 307 g/mol. The Hall–Kier alpha value is -3.11. The van der Waals surface area contributed by atoms with Crippen LogP contribution in [-0.4, -0.2) is 0 Å². The van der Waals surface area contributed by atoms with Crippen molar-refractivity contribution in [2.45, 2.75) is 12.8 Å². The molecule has 0 unspecified atom stereocenters. The molecule has 0 aliphatic heterocycles. The highest BCUT2D eigenvalue weighted by Gasteiger charge is 2.17. The van der Waals surface area contributed by atoms with Gasteiger partial charge in [0.15, 0.2) is 5.69 Å². The van der Waals surface area contributed by atoms with Crippen LogP contribution >= 0.6 is 0 Å². The summed E-state index contributed by atoms with van der Waals surface area (Å²) in [5.41, 5.74) is 8.21. The molecule has 24 heavy (non-hydrogen) atoms. The van der Waals surface area contributed by atoms with E-state index >= 15 is 0 Å². The largest absolute Gasteiger partial charge is 0.238 e. The Morgan fingerprint density at radius 1 is 0.708 bits per heavy atom. The van der Waals surface area contributed by atoms with Crippen LogP contribution in [-0.2, 0) is 12.8 Å². The molecular formula is C23H17N. The summed E-state index contributed by atoms with van der Waals surface area (Å²) < 4.78 is 0. The molecule has 0 heterocycles. The van der Waals surface area contributed by atoms with Crippen LogP contribution in [0.15, 0.2) is 72.8 Å². The Morgan fingerprint density at radius 2 is 1.25 bits per heavy atom. The number of nitrogens with zero attached hydrogens (tertiary/aromatic N) is 1. The van der Waals surface area contributed by atoms with Crippen molar-refractivity contribution < 1.29 is 0 Å². The Morgan fingerprint density at radius 3 is 1.88 bits per heavy atom. The lowest BCUT2D eigenvalue weighted by Crippen LogP contribution is -1.92. The molecular weight excluding hydrogens is 290 g/mol. The molecule has 0 atom stereocenters. The van der Waals surface area contributed by atoms with Gasteiger partial charge in [-0.2, -0.15) is 0 Å². The zero-order valence-corrected chi connectivity index (χ0v) is 13.4. The summed E-state index contributed by atoms with van der Waals surface area (Å²) in [5, 5.41) is 0. The van der Waals surface area contributed by atoms with Crippen LogP contribution in [0.1, 0.15) is 27.8 Å². The Kier molecular flexibility index (Phi) is 3.73. The standard InChI is InChI=1S/C23H17N/c1-24-23-13-7-4-10-19(23)16-22-20-11-5-2-8-17(20)14-15-18-9-3-6-12-21(18)22/h2-13,16H,14-15H2. The van der Waals surface area contributed by atoms with Gasteiger partial charge in [-0.25, -0.2) is 4.85 Å². The molecule has 0 amide bonds. The maximum Gasteiger partial charge on any atom is 0.194 e. The topological polar surface area (TPSA) is 4.36 Å². The number of benzene rings is 3. The van der Waals surface area contributed by atoms with Gasteiger partial charge in [0.1, 0.15) is 0 Å². The average Bonchev–Trinajstić information content (AvgIpc) is 2.80. The van der Waals surface area contributed by atoms with Gasteiger partial charge in [-0.15, -0.1) is 0 Å². The van der Waals surface area contributed by atoms with Gasteiger partial charge in [0, 0.05) is 0 Å². The number of aryl methyl sites for hydroxylation is 2. The highest BCUT2D eigenvalue weighted by Crippen LogP contribution is 2.36. The van der Waals surface area contributed by atoms with Crippen molar-refractivity contribution in [1.29, 1.82) is 0 Å². The third kappa shape index (κ3) is 2.53. The normalized spacial score (nSPS) is 12.5. The molecule has 1 heteroatoms. The molecule has 1 aliphatic rings. The van der Waals surface area contributed by atoms with Crippen LogP contribution in [0.4, 0.5) is 5.69 Å². The van der Waals surface area contributed by atoms with Crippen LogP contribution in [0.2, 0.25) is 0 Å². The lowest BCUT2D eigenvalue weighted by molar-refractivity contribution is 0.965. The summed E-state index contributed by atoms with van der Waals surface area (Å²) in [7, 11) is 0. The van der Waals surface area contributed by atoms with E-state index in [4.69, 9.17) is 6.57 Å². The third-order valence-corrected chi connectivity index (χ3v) is 4.64. The van der Waals surface area contributed by atoms with Crippen molar-refractivity contribution >= 4 is 17.3 Å². The van der Waals surface area contributed by atoms with E-state index in [9.17, 15) is 0 Å². The van der Waals surface area contributed by atoms with Gasteiger partial charge in [0.2, 0.25) is 0 Å². The Balaban J connectivity index is 2.00. The predicted molar refractivity (Wildman–Crippen MR) is 100.0 cm³/mol. The molecule has 0 spiro atoms. The molecule has 0 radical (unpaired) electrons. The second-order valence-electron chi connectivity index (χ2n) is 6.04. The minimum atomic E-state index is 0.698. The van der Waals surface area contributed by atoms with Gasteiger partial charge in [0.05, 0.1) is 6.57 Å². The summed E-state index contributed by atoms with van der Waals surface area (Å²) in [6.45, 7) is 7.43. The summed E-state index contributed by atoms with van der Waals surface area (Å²) in [5.74, 6) is 0. The molecule has 0 saturated carbocycles. The zero-order valence-electron chi connectivity index (χ0n) is 13.4. The summed E-state index contributed by atoms with van der Waals surface area (Å²) in [6.07, 6.45) is 4.28. The molecule has 0 bridgehead atoms. The van der Waals surface area contributed by atoms with Crippen molar-refractivity contribution in [3.8, 4) is 0 Å². The lowest BCUT2D eigenvalue weighted by atomic mass is 9.92. The lowest BCUT2D eigenvalue weighted by Gasteiger charge is -2.12. The fourth-order valence-corrected chi connectivity index (χ4v) is 3.44. The molecule has 3 aromatic carbocycles. The fourth-order valence-electron chi connectivity index (χ4n) is 3.44. The highest BCUT2D eigenvalue weighted by atomic mass is 14.6. The van der Waals surface area contributed by atoms with E-state index in [1.807, 2.05) is 24.3 Å². The number of hydrogen-bond acceptors (Lipinski definition) is 0. The van der Waals surface area contributed by atoms with Gasteiger partial charge in [-0.1, -0.05) is 78.9 Å². The number of hydrogen-bond donors (Lipinski definition) is 0. The van der Waals surface area contributed by atoms with Crippen LogP contribution in [0, 0.1) is 6.57 Å². The second-order valence-corrected chi connectivity index (χ2v) is 6.04. The minimum Gasteiger partial charge on any atom is -0.238 e. The Labute approximate surface area is 142 Å². The van der Waals surface area contributed by atoms with E-state index in [1.54, 1.807) is 0 Å². The van der Waals surface area contributed by atoms with E-state index in [2.05, 4.69) is 59.5 Å². The number of para-hydroxylation sites is 1. The maximum atomic E-state index is 7.43. The quantitative estimate of drug-likeness (QED) is 0.491. The van der Waals surface area contributed by atoms with Crippen molar-refractivity contribution in [3.63, 3.8) is 0 Å². The zero-order chi connectivity index (χ0) is 16.4. The smallest absolute Gasteiger partial charge is 0.194 e.